The summed E-state index contributed by atoms with van der Waals surface area (Å²) in [5.41, 5.74) is 3.93. The number of amides is 1. The van der Waals surface area contributed by atoms with Crippen molar-refractivity contribution in [3.63, 3.8) is 0 Å². The number of hydrogen-bond acceptors (Lipinski definition) is 4. The van der Waals surface area contributed by atoms with E-state index in [2.05, 4.69) is 10.1 Å². The van der Waals surface area contributed by atoms with E-state index in [-0.39, 0.29) is 11.7 Å². The molecule has 4 rings (SSSR count). The number of carbonyl (C=O) groups excluding carboxylic acids is 1. The Morgan fingerprint density at radius 3 is 2.50 bits per heavy atom. The van der Waals surface area contributed by atoms with Crippen LogP contribution in [0.3, 0.4) is 0 Å². The van der Waals surface area contributed by atoms with E-state index >= 15 is 0 Å². The minimum absolute atomic E-state index is 0.177. The zero-order chi connectivity index (χ0) is 19.7. The van der Waals surface area contributed by atoms with Crippen LogP contribution < -0.4 is 4.90 Å². The van der Waals surface area contributed by atoms with Gasteiger partial charge in [0.05, 0.1) is 10.6 Å². The van der Waals surface area contributed by atoms with Crippen LogP contribution in [0.1, 0.15) is 21.7 Å². The third-order valence-corrected chi connectivity index (χ3v) is 5.65. The molecule has 4 aromatic rings. The molecule has 0 N–H and O–H groups in total. The minimum atomic E-state index is -0.235. The largest absolute Gasteiger partial charge is 0.308 e. The molecule has 0 unspecified atom stereocenters. The topological polar surface area (TPSA) is 51.0 Å². The molecule has 0 atom stereocenters. The molecule has 0 spiro atoms. The summed E-state index contributed by atoms with van der Waals surface area (Å²) in [4.78, 5) is 20.3. The first kappa shape index (κ1) is 18.1. The van der Waals surface area contributed by atoms with E-state index in [1.165, 1.54) is 0 Å². The minimum Gasteiger partial charge on any atom is -0.308 e. The van der Waals surface area contributed by atoms with Gasteiger partial charge in [-0.25, -0.2) is 9.67 Å². The first-order valence-electron chi connectivity index (χ1n) is 8.97. The highest BCUT2D eigenvalue weighted by Crippen LogP contribution is 2.27. The molecule has 6 heteroatoms. The Morgan fingerprint density at radius 2 is 1.79 bits per heavy atom. The number of thiophene rings is 1. The van der Waals surface area contributed by atoms with E-state index in [9.17, 15) is 4.79 Å². The summed E-state index contributed by atoms with van der Waals surface area (Å²) in [6, 6.07) is 19.6. The van der Waals surface area contributed by atoms with Gasteiger partial charge in [0.15, 0.2) is 5.82 Å². The lowest BCUT2D eigenvalue weighted by Crippen LogP contribution is -2.28. The SMILES string of the molecule is Cc1cccc(N(C)C(=O)c2nc(-c3cccs3)n(-c3ccccc3)n2)c1C. The third kappa shape index (κ3) is 3.23. The summed E-state index contributed by atoms with van der Waals surface area (Å²) in [7, 11) is 1.76. The summed E-state index contributed by atoms with van der Waals surface area (Å²) in [5, 5.41) is 6.55. The highest BCUT2D eigenvalue weighted by Gasteiger charge is 2.23. The van der Waals surface area contributed by atoms with Crippen LogP contribution in [0.5, 0.6) is 0 Å². The van der Waals surface area contributed by atoms with Crippen molar-refractivity contribution in [3.05, 3.63) is 83.0 Å². The molecule has 2 heterocycles. The smallest absolute Gasteiger partial charge is 0.297 e. The fourth-order valence-corrected chi connectivity index (χ4v) is 3.77. The molecular formula is C22H20N4OS. The van der Waals surface area contributed by atoms with Crippen molar-refractivity contribution in [3.8, 4) is 16.4 Å². The van der Waals surface area contributed by atoms with Gasteiger partial charge in [-0.15, -0.1) is 16.4 Å². The Morgan fingerprint density at radius 1 is 1.00 bits per heavy atom. The maximum absolute atomic E-state index is 13.2. The predicted octanol–water partition coefficient (Wildman–Crippen LogP) is 4.89. The van der Waals surface area contributed by atoms with E-state index in [0.29, 0.717) is 5.82 Å². The number of anilines is 1. The van der Waals surface area contributed by atoms with Crippen LogP contribution in [0, 0.1) is 13.8 Å². The fraction of sp³-hybridized carbons (Fsp3) is 0.136. The number of hydrogen-bond donors (Lipinski definition) is 0. The molecular weight excluding hydrogens is 368 g/mol. The van der Waals surface area contributed by atoms with E-state index in [1.54, 1.807) is 28.0 Å². The van der Waals surface area contributed by atoms with Crippen molar-refractivity contribution < 1.29 is 4.79 Å². The average molecular weight is 388 g/mol. The van der Waals surface area contributed by atoms with Crippen molar-refractivity contribution in [2.75, 3.05) is 11.9 Å². The first-order chi connectivity index (χ1) is 13.6. The quantitative estimate of drug-likeness (QED) is 0.500. The number of benzene rings is 2. The van der Waals surface area contributed by atoms with Gasteiger partial charge in [0.25, 0.3) is 5.91 Å². The molecule has 0 aliphatic rings. The molecule has 0 saturated carbocycles. The molecule has 1 amide bonds. The lowest BCUT2D eigenvalue weighted by Gasteiger charge is -2.19. The van der Waals surface area contributed by atoms with Gasteiger partial charge in [0, 0.05) is 12.7 Å². The van der Waals surface area contributed by atoms with Crippen LogP contribution in [-0.2, 0) is 0 Å². The van der Waals surface area contributed by atoms with Gasteiger partial charge in [-0.2, -0.15) is 0 Å². The second kappa shape index (κ2) is 7.40. The van der Waals surface area contributed by atoms with E-state index in [0.717, 1.165) is 27.4 Å². The van der Waals surface area contributed by atoms with Gasteiger partial charge >= 0.3 is 0 Å². The molecule has 0 radical (unpaired) electrons. The second-order valence-electron chi connectivity index (χ2n) is 6.57. The van der Waals surface area contributed by atoms with Crippen molar-refractivity contribution in [1.82, 2.24) is 14.8 Å². The predicted molar refractivity (Wildman–Crippen MR) is 113 cm³/mol. The number of carbonyl (C=O) groups is 1. The number of para-hydroxylation sites is 1. The molecule has 0 aliphatic heterocycles. The molecule has 5 nitrogen and oxygen atoms in total. The summed E-state index contributed by atoms with van der Waals surface area (Å²) in [6.45, 7) is 4.05. The van der Waals surface area contributed by atoms with E-state index in [4.69, 9.17) is 0 Å². The lowest BCUT2D eigenvalue weighted by molar-refractivity contribution is 0.0983. The van der Waals surface area contributed by atoms with Crippen LogP contribution in [0.25, 0.3) is 16.4 Å². The van der Waals surface area contributed by atoms with Gasteiger partial charge in [-0.05, 0) is 54.6 Å². The Kier molecular flexibility index (Phi) is 4.79. The lowest BCUT2D eigenvalue weighted by atomic mass is 10.1. The third-order valence-electron chi connectivity index (χ3n) is 4.78. The van der Waals surface area contributed by atoms with Crippen molar-refractivity contribution in [1.29, 1.82) is 0 Å². The van der Waals surface area contributed by atoms with Gasteiger partial charge in [-0.1, -0.05) is 36.4 Å². The van der Waals surface area contributed by atoms with Crippen LogP contribution in [0.15, 0.2) is 66.0 Å². The van der Waals surface area contributed by atoms with Crippen LogP contribution in [0.2, 0.25) is 0 Å². The number of aromatic nitrogens is 3. The number of rotatable bonds is 4. The van der Waals surface area contributed by atoms with E-state index in [1.807, 2.05) is 79.9 Å². The molecule has 2 aromatic heterocycles. The molecule has 28 heavy (non-hydrogen) atoms. The van der Waals surface area contributed by atoms with Crippen molar-refractivity contribution in [2.24, 2.45) is 0 Å². The normalized spacial score (nSPS) is 10.8. The van der Waals surface area contributed by atoms with Crippen LogP contribution >= 0.6 is 11.3 Å². The molecule has 0 bridgehead atoms. The highest BCUT2D eigenvalue weighted by molar-refractivity contribution is 7.13. The van der Waals surface area contributed by atoms with Crippen molar-refractivity contribution >= 4 is 22.9 Å². The monoisotopic (exact) mass is 388 g/mol. The summed E-state index contributed by atoms with van der Waals surface area (Å²) >= 11 is 1.57. The maximum atomic E-state index is 13.2. The Hall–Kier alpha value is -3.25. The van der Waals surface area contributed by atoms with Crippen LogP contribution in [-0.4, -0.2) is 27.7 Å². The molecule has 0 saturated heterocycles. The summed E-state index contributed by atoms with van der Waals surface area (Å²) in [5.74, 6) is 0.607. The number of aryl methyl sites for hydroxylation is 1. The van der Waals surface area contributed by atoms with E-state index < -0.39 is 0 Å². The molecule has 140 valence electrons. The Labute approximate surface area is 167 Å². The second-order valence-corrected chi connectivity index (χ2v) is 7.51. The zero-order valence-corrected chi connectivity index (χ0v) is 16.8. The summed E-state index contributed by atoms with van der Waals surface area (Å²) < 4.78 is 1.73. The maximum Gasteiger partial charge on any atom is 0.297 e. The molecule has 0 aliphatic carbocycles. The van der Waals surface area contributed by atoms with Gasteiger partial charge in [0.2, 0.25) is 5.82 Å². The van der Waals surface area contributed by atoms with Gasteiger partial charge in [0.1, 0.15) is 0 Å². The van der Waals surface area contributed by atoms with Crippen LogP contribution in [0.4, 0.5) is 5.69 Å². The highest BCUT2D eigenvalue weighted by atomic mass is 32.1. The zero-order valence-electron chi connectivity index (χ0n) is 16.0. The number of nitrogens with zero attached hydrogens (tertiary/aromatic N) is 4. The Bertz CT molecular complexity index is 1120. The average Bonchev–Trinajstić information content (AvgIpc) is 3.39. The fourth-order valence-electron chi connectivity index (χ4n) is 3.08. The first-order valence-corrected chi connectivity index (χ1v) is 9.85. The van der Waals surface area contributed by atoms with Gasteiger partial charge < -0.3 is 4.90 Å². The van der Waals surface area contributed by atoms with Crippen molar-refractivity contribution in [2.45, 2.75) is 13.8 Å². The molecule has 0 fully saturated rings. The summed E-state index contributed by atoms with van der Waals surface area (Å²) in [6.07, 6.45) is 0. The molecule has 2 aromatic carbocycles. The van der Waals surface area contributed by atoms with Gasteiger partial charge in [-0.3, -0.25) is 4.79 Å². The Balaban J connectivity index is 1.78. The standard InChI is InChI=1S/C22H20N4OS/c1-15-9-7-12-18(16(15)2)25(3)22(27)20-23-21(19-13-8-14-28-19)26(24-20)17-10-5-4-6-11-17/h4-14H,1-3H3.